The maximum Gasteiger partial charge on any atom is 0.273 e. The van der Waals surface area contributed by atoms with E-state index in [-0.39, 0.29) is 23.3 Å². The highest BCUT2D eigenvalue weighted by Crippen LogP contribution is 2.29. The summed E-state index contributed by atoms with van der Waals surface area (Å²) in [5, 5.41) is 13.8. The number of carbonyl (C=O) groups is 2. The molecule has 11 heteroatoms. The fourth-order valence-electron chi connectivity index (χ4n) is 5.44. The standard InChI is InChI=1S/C27H31F2N7O2/c1-17(22-8-4-5-12-30-22)31-26(37)20-15-35(19-6-2-3-7-19)13-11-23(20)32-27(38)24-16-36(34-33-24)25-10-9-18(28)14-21(25)29/h4-5,8-10,12,14,16-17,19-20,23H,2-3,6-7,11,13,15H2,1H3,(H,31,37)(H,32,38)/t17-,20-,23-/m1/s1. The highest BCUT2D eigenvalue weighted by Gasteiger charge is 2.39. The fourth-order valence-corrected chi connectivity index (χ4v) is 5.44. The van der Waals surface area contributed by atoms with E-state index in [2.05, 4.69) is 30.8 Å². The zero-order valence-corrected chi connectivity index (χ0v) is 21.2. The van der Waals surface area contributed by atoms with Crippen LogP contribution in [0.1, 0.15) is 61.3 Å². The van der Waals surface area contributed by atoms with Crippen LogP contribution in [-0.2, 0) is 4.79 Å². The zero-order valence-electron chi connectivity index (χ0n) is 21.2. The van der Waals surface area contributed by atoms with Crippen LogP contribution in [0.3, 0.4) is 0 Å². The molecule has 0 bridgehead atoms. The molecule has 1 saturated heterocycles. The molecular formula is C27H31F2N7O2. The highest BCUT2D eigenvalue weighted by atomic mass is 19.1. The number of rotatable bonds is 7. The molecule has 1 saturated carbocycles. The Bertz CT molecular complexity index is 1280. The minimum Gasteiger partial charge on any atom is -0.348 e. The lowest BCUT2D eigenvalue weighted by atomic mass is 9.89. The first kappa shape index (κ1) is 25.9. The van der Waals surface area contributed by atoms with Gasteiger partial charge in [-0.3, -0.25) is 19.5 Å². The number of carbonyl (C=O) groups excluding carboxylic acids is 2. The summed E-state index contributed by atoms with van der Waals surface area (Å²) >= 11 is 0. The second kappa shape index (κ2) is 11.3. The fraction of sp³-hybridized carbons (Fsp3) is 0.444. The molecule has 0 radical (unpaired) electrons. The first-order valence-corrected chi connectivity index (χ1v) is 13.0. The Hall–Kier alpha value is -3.73. The third-order valence-corrected chi connectivity index (χ3v) is 7.51. The molecule has 3 heterocycles. The first-order chi connectivity index (χ1) is 18.4. The van der Waals surface area contributed by atoms with Crippen LogP contribution >= 0.6 is 0 Å². The van der Waals surface area contributed by atoms with Crippen molar-refractivity contribution in [3.63, 3.8) is 0 Å². The predicted molar refractivity (Wildman–Crippen MR) is 135 cm³/mol. The molecular weight excluding hydrogens is 492 g/mol. The van der Waals surface area contributed by atoms with Crippen LogP contribution in [0, 0.1) is 17.6 Å². The van der Waals surface area contributed by atoms with Crippen molar-refractivity contribution in [2.45, 2.75) is 57.2 Å². The molecule has 1 aliphatic carbocycles. The van der Waals surface area contributed by atoms with Gasteiger partial charge < -0.3 is 10.6 Å². The van der Waals surface area contributed by atoms with Gasteiger partial charge in [0, 0.05) is 37.4 Å². The van der Waals surface area contributed by atoms with E-state index in [0.29, 0.717) is 19.0 Å². The van der Waals surface area contributed by atoms with Crippen molar-refractivity contribution >= 4 is 11.8 Å². The second-order valence-electron chi connectivity index (χ2n) is 10.0. The van der Waals surface area contributed by atoms with Gasteiger partial charge in [0.15, 0.2) is 11.5 Å². The van der Waals surface area contributed by atoms with Crippen LogP contribution in [-0.4, -0.2) is 61.9 Å². The van der Waals surface area contributed by atoms with Crippen LogP contribution < -0.4 is 10.6 Å². The van der Waals surface area contributed by atoms with E-state index in [0.717, 1.165) is 41.9 Å². The Morgan fingerprint density at radius 1 is 1.11 bits per heavy atom. The summed E-state index contributed by atoms with van der Waals surface area (Å²) in [5.41, 5.74) is 0.714. The molecule has 2 aromatic heterocycles. The quantitative estimate of drug-likeness (QED) is 0.493. The Balaban J connectivity index is 1.30. The summed E-state index contributed by atoms with van der Waals surface area (Å²) < 4.78 is 28.5. The van der Waals surface area contributed by atoms with Crippen LogP contribution in [0.2, 0.25) is 0 Å². The number of benzene rings is 1. The Kier molecular flexibility index (Phi) is 7.73. The average Bonchev–Trinajstić information content (AvgIpc) is 3.62. The van der Waals surface area contributed by atoms with Gasteiger partial charge in [-0.05, 0) is 50.5 Å². The van der Waals surface area contributed by atoms with Gasteiger partial charge in [0.05, 0.1) is 23.9 Å². The van der Waals surface area contributed by atoms with Crippen molar-refractivity contribution in [1.82, 2.24) is 35.5 Å². The predicted octanol–water partition coefficient (Wildman–Crippen LogP) is 3.18. The molecule has 2 amide bonds. The van der Waals surface area contributed by atoms with E-state index in [1.165, 1.54) is 25.1 Å². The number of nitrogens with zero attached hydrogens (tertiary/aromatic N) is 5. The van der Waals surface area contributed by atoms with Crippen molar-refractivity contribution < 1.29 is 18.4 Å². The third kappa shape index (κ3) is 5.72. The molecule has 2 fully saturated rings. The lowest BCUT2D eigenvalue weighted by Gasteiger charge is -2.41. The van der Waals surface area contributed by atoms with Gasteiger partial charge in [0.1, 0.15) is 11.5 Å². The van der Waals surface area contributed by atoms with Crippen molar-refractivity contribution in [2.75, 3.05) is 13.1 Å². The monoisotopic (exact) mass is 523 g/mol. The molecule has 9 nitrogen and oxygen atoms in total. The molecule has 5 rings (SSSR count). The largest absolute Gasteiger partial charge is 0.348 e. The Morgan fingerprint density at radius 2 is 1.92 bits per heavy atom. The summed E-state index contributed by atoms with van der Waals surface area (Å²) in [4.78, 5) is 33.3. The van der Waals surface area contributed by atoms with Crippen molar-refractivity contribution in [2.24, 2.45) is 5.92 Å². The molecule has 3 aromatic rings. The SMILES string of the molecule is C[C@@H](NC(=O)[C@@H]1CN(C2CCCC2)CC[C@H]1NC(=O)c1cn(-c2ccc(F)cc2F)nn1)c1ccccn1. The van der Waals surface area contributed by atoms with E-state index in [1.807, 2.05) is 25.1 Å². The van der Waals surface area contributed by atoms with E-state index in [9.17, 15) is 18.4 Å². The number of hydrogen-bond donors (Lipinski definition) is 2. The minimum absolute atomic E-state index is 0.0204. The van der Waals surface area contributed by atoms with Gasteiger partial charge >= 0.3 is 0 Å². The molecule has 0 spiro atoms. The van der Waals surface area contributed by atoms with E-state index in [1.54, 1.807) is 6.20 Å². The molecule has 1 aromatic carbocycles. The third-order valence-electron chi connectivity index (χ3n) is 7.51. The molecule has 2 N–H and O–H groups in total. The number of nitrogens with one attached hydrogen (secondary N) is 2. The van der Waals surface area contributed by atoms with Gasteiger partial charge in [0.25, 0.3) is 5.91 Å². The van der Waals surface area contributed by atoms with Crippen LogP contribution in [0.15, 0.2) is 48.8 Å². The van der Waals surface area contributed by atoms with E-state index < -0.39 is 29.5 Å². The van der Waals surface area contributed by atoms with Gasteiger partial charge in [-0.2, -0.15) is 0 Å². The minimum atomic E-state index is -0.820. The van der Waals surface area contributed by atoms with Crippen LogP contribution in [0.25, 0.3) is 5.69 Å². The number of hydrogen-bond acceptors (Lipinski definition) is 6. The number of likely N-dealkylation sites (tertiary alicyclic amines) is 1. The number of halogens is 2. The molecule has 1 aliphatic heterocycles. The summed E-state index contributed by atoms with van der Waals surface area (Å²) in [6.07, 6.45) is 8.22. The molecule has 38 heavy (non-hydrogen) atoms. The molecule has 0 unspecified atom stereocenters. The van der Waals surface area contributed by atoms with Crippen molar-refractivity contribution in [3.05, 3.63) is 71.8 Å². The van der Waals surface area contributed by atoms with Crippen LogP contribution in [0.4, 0.5) is 8.78 Å². The second-order valence-corrected chi connectivity index (χ2v) is 10.0. The normalized spacial score (nSPS) is 21.2. The summed E-state index contributed by atoms with van der Waals surface area (Å²) in [5.74, 6) is -2.65. The van der Waals surface area contributed by atoms with Crippen molar-refractivity contribution in [1.29, 1.82) is 0 Å². The summed E-state index contributed by atoms with van der Waals surface area (Å²) in [7, 11) is 0. The zero-order chi connectivity index (χ0) is 26.6. The van der Waals surface area contributed by atoms with Gasteiger partial charge in [-0.15, -0.1) is 5.10 Å². The lowest BCUT2D eigenvalue weighted by molar-refractivity contribution is -0.128. The molecule has 2 aliphatic rings. The summed E-state index contributed by atoms with van der Waals surface area (Å²) in [6, 6.07) is 8.40. The maximum atomic E-state index is 14.2. The van der Waals surface area contributed by atoms with Crippen LogP contribution in [0.5, 0.6) is 0 Å². The van der Waals surface area contributed by atoms with Gasteiger partial charge in [0.2, 0.25) is 5.91 Å². The number of pyridine rings is 1. The van der Waals surface area contributed by atoms with E-state index in [4.69, 9.17) is 0 Å². The van der Waals surface area contributed by atoms with Gasteiger partial charge in [-0.25, -0.2) is 13.5 Å². The lowest BCUT2D eigenvalue weighted by Crippen LogP contribution is -2.57. The topological polar surface area (TPSA) is 105 Å². The maximum absolute atomic E-state index is 14.2. The Labute approximate surface area is 219 Å². The van der Waals surface area contributed by atoms with Crippen molar-refractivity contribution in [3.8, 4) is 5.69 Å². The smallest absolute Gasteiger partial charge is 0.273 e. The Morgan fingerprint density at radius 3 is 2.66 bits per heavy atom. The molecule has 200 valence electrons. The average molecular weight is 524 g/mol. The first-order valence-electron chi connectivity index (χ1n) is 13.0. The number of piperidine rings is 1. The molecule has 3 atom stereocenters. The number of amides is 2. The summed E-state index contributed by atoms with van der Waals surface area (Å²) in [6.45, 7) is 3.21. The number of aromatic nitrogens is 4. The van der Waals surface area contributed by atoms with Gasteiger partial charge in [-0.1, -0.05) is 24.1 Å². The highest BCUT2D eigenvalue weighted by molar-refractivity contribution is 5.92. The van der Waals surface area contributed by atoms with E-state index >= 15 is 0 Å².